The monoisotopic (exact) mass is 212 g/mol. The molecule has 1 heterocycles. The summed E-state index contributed by atoms with van der Waals surface area (Å²) in [5.41, 5.74) is 0. The van der Waals surface area contributed by atoms with E-state index in [9.17, 15) is 14.9 Å². The van der Waals surface area contributed by atoms with Crippen LogP contribution in [0.5, 0.6) is 0 Å². The van der Waals surface area contributed by atoms with Gasteiger partial charge in [-0.2, -0.15) is 4.68 Å². The molecule has 0 amide bonds. The van der Waals surface area contributed by atoms with Gasteiger partial charge in [0.25, 0.3) is 0 Å². The Hall–Kier alpha value is -1.79. The molecular formula is C8H12N4O3. The third-order valence-corrected chi connectivity index (χ3v) is 2.17. The second-order valence-electron chi connectivity index (χ2n) is 3.27. The molecule has 7 nitrogen and oxygen atoms in total. The average molecular weight is 212 g/mol. The molecule has 15 heavy (non-hydrogen) atoms. The number of nitro groups is 1. The summed E-state index contributed by atoms with van der Waals surface area (Å²) in [6.45, 7) is 3.76. The molecule has 0 aliphatic carbocycles. The van der Waals surface area contributed by atoms with Crippen LogP contribution in [-0.2, 0) is 11.3 Å². The first-order valence-corrected chi connectivity index (χ1v) is 4.61. The molecule has 1 aromatic heterocycles. The van der Waals surface area contributed by atoms with Crippen LogP contribution in [0, 0.1) is 16.0 Å². The number of aromatic nitrogens is 3. The topological polar surface area (TPSA) is 90.9 Å². The summed E-state index contributed by atoms with van der Waals surface area (Å²) in [6.07, 6.45) is 1.94. The number of hydrogen-bond acceptors (Lipinski definition) is 5. The third kappa shape index (κ3) is 2.83. The molecule has 0 aromatic carbocycles. The lowest BCUT2D eigenvalue weighted by molar-refractivity contribution is -0.394. The highest BCUT2D eigenvalue weighted by Gasteiger charge is 2.17. The van der Waals surface area contributed by atoms with Gasteiger partial charge in [-0.3, -0.25) is 4.79 Å². The summed E-state index contributed by atoms with van der Waals surface area (Å²) in [5.74, 6) is -0.544. The fourth-order valence-corrected chi connectivity index (χ4v) is 0.988. The Balaban J connectivity index is 2.65. The van der Waals surface area contributed by atoms with E-state index in [1.165, 1.54) is 11.0 Å². The quantitative estimate of drug-likeness (QED) is 0.531. The van der Waals surface area contributed by atoms with Crippen molar-refractivity contribution in [3.05, 3.63) is 16.4 Å². The highest BCUT2D eigenvalue weighted by molar-refractivity contribution is 5.80. The first-order valence-electron chi connectivity index (χ1n) is 4.61. The van der Waals surface area contributed by atoms with E-state index in [1.54, 1.807) is 0 Å². The Bertz CT molecular complexity index is 374. The number of Topliss-reactive ketones (excluding diaryl/α,β-unsaturated/α-hetero) is 1. The maximum atomic E-state index is 11.5. The predicted molar refractivity (Wildman–Crippen MR) is 51.1 cm³/mol. The van der Waals surface area contributed by atoms with Gasteiger partial charge < -0.3 is 10.1 Å². The summed E-state index contributed by atoms with van der Waals surface area (Å²) in [5, 5.41) is 13.8. The maximum Gasteiger partial charge on any atom is 0.490 e. The van der Waals surface area contributed by atoms with Crippen LogP contribution in [0.4, 0.5) is 5.95 Å². The number of hydrogen-bond donors (Lipinski definition) is 0. The van der Waals surface area contributed by atoms with E-state index < -0.39 is 10.9 Å². The van der Waals surface area contributed by atoms with Crippen molar-refractivity contribution in [2.24, 2.45) is 5.92 Å². The van der Waals surface area contributed by atoms with Gasteiger partial charge in [0.05, 0.1) is 0 Å². The molecule has 0 bridgehead atoms. The number of ketones is 1. The molecule has 0 aliphatic heterocycles. The van der Waals surface area contributed by atoms with Gasteiger partial charge in [0, 0.05) is 11.0 Å². The highest BCUT2D eigenvalue weighted by atomic mass is 16.6. The van der Waals surface area contributed by atoms with Gasteiger partial charge in [0.2, 0.25) is 6.33 Å². The molecule has 0 spiro atoms. The first-order chi connectivity index (χ1) is 7.04. The van der Waals surface area contributed by atoms with Crippen LogP contribution in [0.1, 0.15) is 20.3 Å². The largest absolute Gasteiger partial charge is 0.490 e. The van der Waals surface area contributed by atoms with Crippen LogP contribution in [0.3, 0.4) is 0 Å². The van der Waals surface area contributed by atoms with Gasteiger partial charge in [-0.1, -0.05) is 18.8 Å². The zero-order valence-electron chi connectivity index (χ0n) is 8.58. The van der Waals surface area contributed by atoms with Crippen LogP contribution < -0.4 is 0 Å². The Morgan fingerprint density at radius 2 is 2.40 bits per heavy atom. The van der Waals surface area contributed by atoms with Crippen molar-refractivity contribution in [2.45, 2.75) is 26.8 Å². The SMILES string of the molecule is CCC(C)C(=O)Cn1cnc([N+](=O)[O-])n1. The lowest BCUT2D eigenvalue weighted by atomic mass is 10.0. The minimum atomic E-state index is -0.690. The van der Waals surface area contributed by atoms with E-state index in [-0.39, 0.29) is 18.2 Å². The molecule has 1 unspecified atom stereocenters. The van der Waals surface area contributed by atoms with Gasteiger partial charge in [0.1, 0.15) is 6.54 Å². The molecule has 1 rings (SSSR count). The van der Waals surface area contributed by atoms with Crippen molar-refractivity contribution < 1.29 is 9.72 Å². The van der Waals surface area contributed by atoms with Crippen LogP contribution in [0.2, 0.25) is 0 Å². The van der Waals surface area contributed by atoms with E-state index in [2.05, 4.69) is 10.1 Å². The van der Waals surface area contributed by atoms with Crippen molar-refractivity contribution in [1.29, 1.82) is 0 Å². The Morgan fingerprint density at radius 1 is 1.73 bits per heavy atom. The molecular weight excluding hydrogens is 200 g/mol. The molecule has 0 radical (unpaired) electrons. The van der Waals surface area contributed by atoms with Crippen molar-refractivity contribution in [3.63, 3.8) is 0 Å². The van der Waals surface area contributed by atoms with Crippen molar-refractivity contribution in [2.75, 3.05) is 0 Å². The normalized spacial score (nSPS) is 12.4. The Labute approximate surface area is 86.3 Å². The molecule has 0 fully saturated rings. The zero-order chi connectivity index (χ0) is 11.4. The molecule has 1 aromatic rings. The maximum absolute atomic E-state index is 11.5. The van der Waals surface area contributed by atoms with Crippen molar-refractivity contribution in [3.8, 4) is 0 Å². The fourth-order valence-electron chi connectivity index (χ4n) is 0.988. The van der Waals surface area contributed by atoms with Gasteiger partial charge >= 0.3 is 5.95 Å². The van der Waals surface area contributed by atoms with Crippen LogP contribution in [0.25, 0.3) is 0 Å². The van der Waals surface area contributed by atoms with E-state index in [4.69, 9.17) is 0 Å². The first kappa shape index (κ1) is 11.3. The van der Waals surface area contributed by atoms with Crippen molar-refractivity contribution in [1.82, 2.24) is 14.8 Å². The number of nitrogens with zero attached hydrogens (tertiary/aromatic N) is 4. The van der Waals surface area contributed by atoms with Crippen molar-refractivity contribution >= 4 is 11.7 Å². The zero-order valence-corrected chi connectivity index (χ0v) is 8.58. The number of carbonyl (C=O) groups excluding carboxylic acids is 1. The molecule has 7 heteroatoms. The standard InChI is InChI=1S/C8H12N4O3/c1-3-6(2)7(13)4-11-5-9-8(10-11)12(14)15/h5-6H,3-4H2,1-2H3. The van der Waals surface area contributed by atoms with Crippen LogP contribution in [-0.4, -0.2) is 25.5 Å². The minimum absolute atomic E-state index is 0.00250. The van der Waals surface area contributed by atoms with E-state index in [0.29, 0.717) is 0 Å². The van der Waals surface area contributed by atoms with E-state index in [0.717, 1.165) is 6.42 Å². The lowest BCUT2D eigenvalue weighted by Gasteiger charge is -2.04. The smallest absolute Gasteiger partial charge is 0.390 e. The van der Waals surface area contributed by atoms with E-state index >= 15 is 0 Å². The second-order valence-corrected chi connectivity index (χ2v) is 3.27. The summed E-state index contributed by atoms with van der Waals surface area (Å²) in [6, 6.07) is 0. The number of carbonyl (C=O) groups is 1. The third-order valence-electron chi connectivity index (χ3n) is 2.17. The fraction of sp³-hybridized carbons (Fsp3) is 0.625. The average Bonchev–Trinajstić information content (AvgIpc) is 2.65. The minimum Gasteiger partial charge on any atom is -0.390 e. The Morgan fingerprint density at radius 3 is 2.87 bits per heavy atom. The summed E-state index contributed by atoms with van der Waals surface area (Å²) >= 11 is 0. The lowest BCUT2D eigenvalue weighted by Crippen LogP contribution is -2.17. The molecule has 0 saturated heterocycles. The summed E-state index contributed by atoms with van der Waals surface area (Å²) in [7, 11) is 0. The van der Waals surface area contributed by atoms with Gasteiger partial charge in [-0.15, -0.1) is 0 Å². The molecule has 0 aliphatic rings. The molecule has 1 atom stereocenters. The summed E-state index contributed by atoms with van der Waals surface area (Å²) in [4.78, 5) is 24.5. The second kappa shape index (κ2) is 4.63. The van der Waals surface area contributed by atoms with E-state index in [1.807, 2.05) is 13.8 Å². The van der Waals surface area contributed by atoms with Crippen LogP contribution >= 0.6 is 0 Å². The van der Waals surface area contributed by atoms with Gasteiger partial charge in [-0.05, 0) is 11.3 Å². The molecule has 82 valence electrons. The van der Waals surface area contributed by atoms with Crippen LogP contribution in [0.15, 0.2) is 6.33 Å². The summed E-state index contributed by atoms with van der Waals surface area (Å²) < 4.78 is 1.19. The van der Waals surface area contributed by atoms with Gasteiger partial charge in [-0.25, -0.2) is 0 Å². The highest BCUT2D eigenvalue weighted by Crippen LogP contribution is 2.05. The van der Waals surface area contributed by atoms with Gasteiger partial charge in [0.15, 0.2) is 5.78 Å². The Kier molecular flexibility index (Phi) is 3.48. The molecule has 0 N–H and O–H groups in total. The predicted octanol–water partition coefficient (Wildman–Crippen LogP) is 0.801. The molecule has 0 saturated carbocycles. The number of rotatable bonds is 5.